The molecule has 3 aliphatic carbocycles. The number of halogens is 2. The molecule has 0 heterocycles. The molecule has 1 nitrogen and oxygen atoms in total. The Morgan fingerprint density at radius 2 is 1.31 bits per heavy atom. The van der Waals surface area contributed by atoms with Crippen LogP contribution >= 0.6 is 0 Å². The molecular weight excluding hydrogens is 402 g/mol. The molecular formula is C29H50F2O. The molecule has 3 aliphatic rings. The summed E-state index contributed by atoms with van der Waals surface area (Å²) in [5.74, 6) is 2.97. The highest BCUT2D eigenvalue weighted by Gasteiger charge is 2.45. The van der Waals surface area contributed by atoms with Gasteiger partial charge in [0.15, 0.2) is 6.17 Å². The zero-order valence-corrected chi connectivity index (χ0v) is 21.1. The molecule has 3 heteroatoms. The Hall–Kier alpha value is -0.620. The van der Waals surface area contributed by atoms with Crippen molar-refractivity contribution in [2.45, 2.75) is 142 Å². The quantitative estimate of drug-likeness (QED) is 0.251. The highest BCUT2D eigenvalue weighted by Crippen LogP contribution is 2.46. The van der Waals surface area contributed by atoms with E-state index in [-0.39, 0.29) is 12.0 Å². The molecule has 3 rings (SSSR count). The first-order valence-corrected chi connectivity index (χ1v) is 13.8. The number of rotatable bonds is 9. The van der Waals surface area contributed by atoms with Crippen molar-refractivity contribution in [1.29, 1.82) is 0 Å². The number of hydrogen-bond donors (Lipinski definition) is 0. The van der Waals surface area contributed by atoms with Gasteiger partial charge in [0.1, 0.15) is 6.17 Å². The summed E-state index contributed by atoms with van der Waals surface area (Å²) < 4.78 is 36.1. The lowest BCUT2D eigenvalue weighted by Gasteiger charge is -2.43. The molecule has 5 atom stereocenters. The Morgan fingerprint density at radius 3 is 1.91 bits per heavy atom. The number of terminal acetylenes is 1. The maximum absolute atomic E-state index is 15.1. The summed E-state index contributed by atoms with van der Waals surface area (Å²) in [6.07, 6.45) is 22.4. The van der Waals surface area contributed by atoms with Crippen molar-refractivity contribution in [2.24, 2.45) is 29.6 Å². The average Bonchev–Trinajstić information content (AvgIpc) is 2.82. The fourth-order valence-electron chi connectivity index (χ4n) is 6.78. The van der Waals surface area contributed by atoms with Crippen molar-refractivity contribution in [3.63, 3.8) is 0 Å². The van der Waals surface area contributed by atoms with Crippen LogP contribution in [0.25, 0.3) is 0 Å². The van der Waals surface area contributed by atoms with Gasteiger partial charge in [-0.2, -0.15) is 0 Å². The average molecular weight is 453 g/mol. The van der Waals surface area contributed by atoms with Gasteiger partial charge in [0.2, 0.25) is 0 Å². The molecule has 32 heavy (non-hydrogen) atoms. The minimum atomic E-state index is -1.43. The third-order valence-corrected chi connectivity index (χ3v) is 8.87. The minimum Gasteiger partial charge on any atom is -0.372 e. The van der Waals surface area contributed by atoms with Gasteiger partial charge in [-0.25, -0.2) is 8.78 Å². The maximum Gasteiger partial charge on any atom is 0.157 e. The van der Waals surface area contributed by atoms with Crippen LogP contribution in [0.15, 0.2) is 0 Å². The second kappa shape index (κ2) is 14.6. The molecule has 0 aromatic carbocycles. The predicted molar refractivity (Wildman–Crippen MR) is 132 cm³/mol. The van der Waals surface area contributed by atoms with Crippen LogP contribution in [-0.2, 0) is 4.74 Å². The Morgan fingerprint density at radius 1 is 0.750 bits per heavy atom. The van der Waals surface area contributed by atoms with Crippen molar-refractivity contribution in [3.8, 4) is 12.8 Å². The smallest absolute Gasteiger partial charge is 0.157 e. The summed E-state index contributed by atoms with van der Waals surface area (Å²) in [4.78, 5) is 0. The van der Waals surface area contributed by atoms with Gasteiger partial charge in [-0.1, -0.05) is 52.4 Å². The number of ether oxygens (including phenoxy) is 1. The fourth-order valence-corrected chi connectivity index (χ4v) is 6.78. The zero-order chi connectivity index (χ0) is 23.5. The van der Waals surface area contributed by atoms with E-state index in [0.717, 1.165) is 49.9 Å². The summed E-state index contributed by atoms with van der Waals surface area (Å²) in [5, 5.41) is 0. The SMILES string of the molecule is C#C.CCCCCCC(C)OC1CCC(C2CCC(C3CCC(C)CC3)CC2)C(F)C1F. The van der Waals surface area contributed by atoms with Gasteiger partial charge in [0.25, 0.3) is 0 Å². The molecule has 0 spiro atoms. The van der Waals surface area contributed by atoms with E-state index in [2.05, 4.69) is 26.7 Å². The van der Waals surface area contributed by atoms with Gasteiger partial charge >= 0.3 is 0 Å². The lowest BCUT2D eigenvalue weighted by Crippen LogP contribution is -2.46. The summed E-state index contributed by atoms with van der Waals surface area (Å²) in [6, 6.07) is 0. The lowest BCUT2D eigenvalue weighted by atomic mass is 9.65. The van der Waals surface area contributed by atoms with E-state index in [1.54, 1.807) is 0 Å². The first kappa shape index (κ1) is 27.6. The Labute approximate surface area is 197 Å². The maximum atomic E-state index is 15.1. The van der Waals surface area contributed by atoms with E-state index in [1.165, 1.54) is 57.8 Å². The molecule has 5 unspecified atom stereocenters. The van der Waals surface area contributed by atoms with E-state index in [0.29, 0.717) is 12.3 Å². The largest absolute Gasteiger partial charge is 0.372 e. The summed E-state index contributed by atoms with van der Waals surface area (Å²) in [6.45, 7) is 6.62. The van der Waals surface area contributed by atoms with Gasteiger partial charge in [-0.05, 0) is 94.3 Å². The molecule has 0 aromatic heterocycles. The standard InChI is InChI=1S/C27H48F2O.C2H2/c1-4-5-6-7-8-20(3)30-25-18-17-24(26(28)27(25)29)23-15-13-22(14-16-23)21-11-9-19(2)10-12-21;1-2/h19-27H,4-18H2,1-3H3;1-2H. The molecule has 0 N–H and O–H groups in total. The van der Waals surface area contributed by atoms with Crippen LogP contribution in [0.3, 0.4) is 0 Å². The second-order valence-electron chi connectivity index (χ2n) is 11.2. The van der Waals surface area contributed by atoms with Crippen LogP contribution in [0.1, 0.15) is 117 Å². The fraction of sp³-hybridized carbons (Fsp3) is 0.931. The molecule has 0 aromatic rings. The zero-order valence-electron chi connectivity index (χ0n) is 21.1. The Bertz CT molecular complexity index is 505. The lowest BCUT2D eigenvalue weighted by molar-refractivity contribution is -0.112. The molecule has 3 fully saturated rings. The summed E-state index contributed by atoms with van der Waals surface area (Å²) >= 11 is 0. The van der Waals surface area contributed by atoms with Gasteiger partial charge in [-0.3, -0.25) is 0 Å². The van der Waals surface area contributed by atoms with Crippen LogP contribution < -0.4 is 0 Å². The number of alkyl halides is 2. The van der Waals surface area contributed by atoms with E-state index >= 15 is 4.39 Å². The van der Waals surface area contributed by atoms with Gasteiger partial charge in [-0.15, -0.1) is 12.8 Å². The van der Waals surface area contributed by atoms with Crippen molar-refractivity contribution < 1.29 is 13.5 Å². The highest BCUT2D eigenvalue weighted by molar-refractivity contribution is 4.94. The molecule has 0 radical (unpaired) electrons. The third kappa shape index (κ3) is 8.00. The first-order valence-electron chi connectivity index (χ1n) is 13.8. The molecule has 186 valence electrons. The van der Waals surface area contributed by atoms with E-state index < -0.39 is 18.4 Å². The Balaban J connectivity index is 0.00000176. The minimum absolute atomic E-state index is 0.0440. The molecule has 0 aliphatic heterocycles. The van der Waals surface area contributed by atoms with Crippen LogP contribution in [0.2, 0.25) is 0 Å². The topological polar surface area (TPSA) is 9.23 Å². The monoisotopic (exact) mass is 452 g/mol. The van der Waals surface area contributed by atoms with Crippen LogP contribution in [0.5, 0.6) is 0 Å². The van der Waals surface area contributed by atoms with Gasteiger partial charge < -0.3 is 4.74 Å². The number of hydrogen-bond acceptors (Lipinski definition) is 1. The van der Waals surface area contributed by atoms with Crippen molar-refractivity contribution in [2.75, 3.05) is 0 Å². The Kier molecular flexibility index (Phi) is 12.6. The molecule has 0 saturated heterocycles. The highest BCUT2D eigenvalue weighted by atomic mass is 19.2. The van der Waals surface area contributed by atoms with Crippen LogP contribution in [0, 0.1) is 42.4 Å². The van der Waals surface area contributed by atoms with Crippen LogP contribution in [0.4, 0.5) is 8.78 Å². The molecule has 0 bridgehead atoms. The summed E-state index contributed by atoms with van der Waals surface area (Å²) in [5.41, 5.74) is 0. The normalized spacial score (nSPS) is 39.0. The summed E-state index contributed by atoms with van der Waals surface area (Å²) in [7, 11) is 0. The second-order valence-corrected chi connectivity index (χ2v) is 11.2. The van der Waals surface area contributed by atoms with Crippen molar-refractivity contribution in [3.05, 3.63) is 0 Å². The first-order chi connectivity index (χ1) is 15.5. The molecule has 3 saturated carbocycles. The third-order valence-electron chi connectivity index (χ3n) is 8.87. The van der Waals surface area contributed by atoms with Crippen molar-refractivity contribution >= 4 is 0 Å². The van der Waals surface area contributed by atoms with E-state index in [1.807, 2.05) is 6.92 Å². The van der Waals surface area contributed by atoms with Gasteiger partial charge in [0.05, 0.1) is 12.2 Å². The van der Waals surface area contributed by atoms with Crippen LogP contribution in [-0.4, -0.2) is 24.6 Å². The van der Waals surface area contributed by atoms with E-state index in [4.69, 9.17) is 4.74 Å². The molecule has 0 amide bonds. The number of unbranched alkanes of at least 4 members (excludes halogenated alkanes) is 3. The van der Waals surface area contributed by atoms with Crippen molar-refractivity contribution in [1.82, 2.24) is 0 Å². The van der Waals surface area contributed by atoms with Gasteiger partial charge in [0, 0.05) is 0 Å². The predicted octanol–water partition coefficient (Wildman–Crippen LogP) is 8.70. The van der Waals surface area contributed by atoms with E-state index in [9.17, 15) is 4.39 Å².